The fourth-order valence-electron chi connectivity index (χ4n) is 1.02. The first-order valence-electron chi connectivity index (χ1n) is 4.25. The fourth-order valence-corrected chi connectivity index (χ4v) is 1.97. The molecule has 0 unspecified atom stereocenters. The number of benzene rings is 1. The molecule has 0 bridgehead atoms. The lowest BCUT2D eigenvalue weighted by molar-refractivity contribution is -0.387. The molecule has 0 aliphatic rings. The Hall–Kier alpha value is -1.98. The topological polar surface area (TPSA) is 89.3 Å². The summed E-state index contributed by atoms with van der Waals surface area (Å²) in [6.45, 7) is -0.256. The molecule has 1 N–H and O–H groups in total. The molecule has 1 rings (SSSR count). The summed E-state index contributed by atoms with van der Waals surface area (Å²) < 4.78 is 38.0. The van der Waals surface area contributed by atoms with E-state index in [0.29, 0.717) is 12.1 Å². The zero-order chi connectivity index (χ0) is 13.1. The maximum absolute atomic E-state index is 13.0. The van der Waals surface area contributed by atoms with Crippen molar-refractivity contribution in [1.82, 2.24) is 4.72 Å². The summed E-state index contributed by atoms with van der Waals surface area (Å²) in [5.74, 6) is 0.938. The second kappa shape index (κ2) is 4.90. The monoisotopic (exact) mass is 258 g/mol. The molecule has 0 aliphatic carbocycles. The minimum absolute atomic E-state index is 0.256. The van der Waals surface area contributed by atoms with Crippen LogP contribution in [0.15, 0.2) is 23.1 Å². The summed E-state index contributed by atoms with van der Waals surface area (Å²) >= 11 is 0. The number of halogens is 1. The highest BCUT2D eigenvalue weighted by molar-refractivity contribution is 7.89. The highest BCUT2D eigenvalue weighted by atomic mass is 32.2. The van der Waals surface area contributed by atoms with Crippen molar-refractivity contribution in [2.75, 3.05) is 6.54 Å². The first-order chi connectivity index (χ1) is 7.88. The number of rotatable bonds is 4. The molecule has 90 valence electrons. The maximum Gasteiger partial charge on any atom is 0.306 e. The number of nitro groups is 1. The molecule has 0 heterocycles. The summed E-state index contributed by atoms with van der Waals surface area (Å²) in [4.78, 5) is 9.01. The molecule has 1 aromatic rings. The van der Waals surface area contributed by atoms with Crippen molar-refractivity contribution in [2.24, 2.45) is 0 Å². The van der Waals surface area contributed by atoms with Gasteiger partial charge in [0.2, 0.25) is 15.8 Å². The van der Waals surface area contributed by atoms with Crippen molar-refractivity contribution in [2.45, 2.75) is 4.90 Å². The van der Waals surface area contributed by atoms with E-state index in [0.717, 1.165) is 6.07 Å². The van der Waals surface area contributed by atoms with Gasteiger partial charge in [-0.25, -0.2) is 8.42 Å². The largest absolute Gasteiger partial charge is 0.306 e. The van der Waals surface area contributed by atoms with Gasteiger partial charge in [0.1, 0.15) is 0 Å². The van der Waals surface area contributed by atoms with E-state index in [2.05, 4.69) is 0 Å². The van der Waals surface area contributed by atoms with E-state index in [-0.39, 0.29) is 6.54 Å². The Balaban J connectivity index is 3.21. The summed E-state index contributed by atoms with van der Waals surface area (Å²) in [5.41, 5.74) is -0.909. The number of nitro benzene ring substituents is 1. The quantitative estimate of drug-likeness (QED) is 0.487. The molecule has 0 spiro atoms. The van der Waals surface area contributed by atoms with Gasteiger partial charge in [0.15, 0.2) is 0 Å². The zero-order valence-electron chi connectivity index (χ0n) is 8.38. The van der Waals surface area contributed by atoms with E-state index in [4.69, 9.17) is 6.42 Å². The number of hydrogen-bond donors (Lipinski definition) is 1. The maximum atomic E-state index is 13.0. The van der Waals surface area contributed by atoms with Gasteiger partial charge in [0.05, 0.1) is 16.4 Å². The predicted octanol–water partition coefficient (Wildman–Crippen LogP) is 0.645. The molecule has 17 heavy (non-hydrogen) atoms. The van der Waals surface area contributed by atoms with Crippen LogP contribution in [0, 0.1) is 28.3 Å². The zero-order valence-corrected chi connectivity index (χ0v) is 9.20. The van der Waals surface area contributed by atoms with E-state index < -0.39 is 31.3 Å². The predicted molar refractivity (Wildman–Crippen MR) is 57.1 cm³/mol. The Kier molecular flexibility index (Phi) is 3.77. The van der Waals surface area contributed by atoms with E-state index >= 15 is 0 Å². The average molecular weight is 258 g/mol. The van der Waals surface area contributed by atoms with Crippen molar-refractivity contribution in [3.63, 3.8) is 0 Å². The summed E-state index contributed by atoms with van der Waals surface area (Å²) in [5, 5.41) is 10.4. The van der Waals surface area contributed by atoms with Gasteiger partial charge in [-0.3, -0.25) is 10.1 Å². The Labute approximate surface area is 96.7 Å². The van der Waals surface area contributed by atoms with Gasteiger partial charge < -0.3 is 0 Å². The van der Waals surface area contributed by atoms with Gasteiger partial charge in [-0.2, -0.15) is 9.11 Å². The third-order valence-corrected chi connectivity index (χ3v) is 3.19. The molecule has 0 aliphatic heterocycles. The smallest absolute Gasteiger partial charge is 0.258 e. The summed E-state index contributed by atoms with van der Waals surface area (Å²) in [6, 6.07) is 2.26. The van der Waals surface area contributed by atoms with Crippen LogP contribution in [-0.4, -0.2) is 19.9 Å². The normalized spacial score (nSPS) is 10.8. The fraction of sp³-hybridized carbons (Fsp3) is 0.111. The highest BCUT2D eigenvalue weighted by Crippen LogP contribution is 2.21. The molecule has 8 heteroatoms. The SMILES string of the molecule is C#CCNS(=O)(=O)c1ccc(F)c([N+](=O)[O-])c1. The second-order valence-electron chi connectivity index (χ2n) is 2.90. The molecule has 0 amide bonds. The summed E-state index contributed by atoms with van der Waals surface area (Å²) in [6.07, 6.45) is 4.87. The third kappa shape index (κ3) is 2.99. The number of nitrogens with one attached hydrogen (secondary N) is 1. The molecule has 1 aromatic carbocycles. The van der Waals surface area contributed by atoms with Crippen LogP contribution in [0.1, 0.15) is 0 Å². The number of terminal acetylenes is 1. The first-order valence-corrected chi connectivity index (χ1v) is 5.74. The van der Waals surface area contributed by atoms with Crippen LogP contribution < -0.4 is 4.72 Å². The van der Waals surface area contributed by atoms with Gasteiger partial charge in [0.25, 0.3) is 0 Å². The van der Waals surface area contributed by atoms with Gasteiger partial charge in [-0.05, 0) is 12.1 Å². The third-order valence-electron chi connectivity index (χ3n) is 1.79. The van der Waals surface area contributed by atoms with E-state index in [9.17, 15) is 22.9 Å². The lowest BCUT2D eigenvalue weighted by atomic mass is 10.3. The molecule has 6 nitrogen and oxygen atoms in total. The van der Waals surface area contributed by atoms with Gasteiger partial charge in [-0.1, -0.05) is 5.92 Å². The van der Waals surface area contributed by atoms with Crippen LogP contribution in [0.4, 0.5) is 10.1 Å². The molecular formula is C9H7FN2O4S. The molecule has 0 saturated carbocycles. The Morgan fingerprint density at radius 1 is 1.53 bits per heavy atom. The van der Waals surface area contributed by atoms with Crippen molar-refractivity contribution >= 4 is 15.7 Å². The minimum Gasteiger partial charge on any atom is -0.258 e. The van der Waals surface area contributed by atoms with Crippen molar-refractivity contribution in [3.8, 4) is 12.3 Å². The lowest BCUT2D eigenvalue weighted by Gasteiger charge is -2.03. The van der Waals surface area contributed by atoms with Crippen molar-refractivity contribution in [3.05, 3.63) is 34.1 Å². The molecule has 0 aromatic heterocycles. The summed E-state index contributed by atoms with van der Waals surface area (Å²) in [7, 11) is -3.96. The Morgan fingerprint density at radius 3 is 2.71 bits per heavy atom. The average Bonchev–Trinajstić information content (AvgIpc) is 2.26. The van der Waals surface area contributed by atoms with Gasteiger partial charge >= 0.3 is 5.69 Å². The van der Waals surface area contributed by atoms with Gasteiger partial charge in [-0.15, -0.1) is 6.42 Å². The number of hydrogen-bond acceptors (Lipinski definition) is 4. The number of nitrogens with zero attached hydrogens (tertiary/aromatic N) is 1. The van der Waals surface area contributed by atoms with Crippen LogP contribution in [-0.2, 0) is 10.0 Å². The second-order valence-corrected chi connectivity index (χ2v) is 4.67. The minimum atomic E-state index is -3.96. The van der Waals surface area contributed by atoms with Crippen LogP contribution >= 0.6 is 0 Å². The molecule has 0 saturated heterocycles. The Bertz CT molecular complexity index is 592. The van der Waals surface area contributed by atoms with Crippen LogP contribution in [0.25, 0.3) is 0 Å². The first kappa shape index (κ1) is 13.1. The standard InChI is InChI=1S/C9H7FN2O4S/c1-2-5-11-17(15,16)7-3-4-8(10)9(6-7)12(13)14/h1,3-4,6,11H,5H2. The number of sulfonamides is 1. The van der Waals surface area contributed by atoms with Crippen LogP contribution in [0.5, 0.6) is 0 Å². The van der Waals surface area contributed by atoms with E-state index in [1.165, 1.54) is 0 Å². The molecule has 0 atom stereocenters. The van der Waals surface area contributed by atoms with E-state index in [1.54, 1.807) is 0 Å². The van der Waals surface area contributed by atoms with Crippen molar-refractivity contribution < 1.29 is 17.7 Å². The lowest BCUT2D eigenvalue weighted by Crippen LogP contribution is -2.24. The molecular weight excluding hydrogens is 251 g/mol. The van der Waals surface area contributed by atoms with Gasteiger partial charge in [0, 0.05) is 6.07 Å². The van der Waals surface area contributed by atoms with E-state index in [1.807, 2.05) is 10.6 Å². The molecule has 0 fully saturated rings. The molecule has 0 radical (unpaired) electrons. The van der Waals surface area contributed by atoms with Crippen molar-refractivity contribution in [1.29, 1.82) is 0 Å². The Morgan fingerprint density at radius 2 is 2.18 bits per heavy atom. The highest BCUT2D eigenvalue weighted by Gasteiger charge is 2.20. The van der Waals surface area contributed by atoms with Crippen LogP contribution in [0.3, 0.4) is 0 Å². The van der Waals surface area contributed by atoms with Crippen LogP contribution in [0.2, 0.25) is 0 Å².